The SMILES string of the molecule is CC(CNC(=O)OCC1c2ccccc2-c2ccccc21)C(=O)N1CCC(CC(=O)O)C1. The van der Waals surface area contributed by atoms with Gasteiger partial charge in [0.2, 0.25) is 5.91 Å². The topological polar surface area (TPSA) is 95.9 Å². The van der Waals surface area contributed by atoms with Gasteiger partial charge >= 0.3 is 12.1 Å². The summed E-state index contributed by atoms with van der Waals surface area (Å²) in [7, 11) is 0. The summed E-state index contributed by atoms with van der Waals surface area (Å²) in [5.41, 5.74) is 4.64. The minimum absolute atomic E-state index is 0.00117. The third-order valence-corrected chi connectivity index (χ3v) is 6.38. The molecule has 0 bridgehead atoms. The van der Waals surface area contributed by atoms with Gasteiger partial charge in [0.05, 0.1) is 5.92 Å². The van der Waals surface area contributed by atoms with Gasteiger partial charge in [-0.25, -0.2) is 4.79 Å². The van der Waals surface area contributed by atoms with E-state index in [2.05, 4.69) is 29.6 Å². The van der Waals surface area contributed by atoms with Gasteiger partial charge in [-0.1, -0.05) is 55.5 Å². The number of nitrogens with one attached hydrogen (secondary N) is 1. The molecule has 7 nitrogen and oxygen atoms in total. The highest BCUT2D eigenvalue weighted by Gasteiger charge is 2.31. The fourth-order valence-electron chi connectivity index (χ4n) is 4.73. The summed E-state index contributed by atoms with van der Waals surface area (Å²) in [6.07, 6.45) is 0.234. The van der Waals surface area contributed by atoms with E-state index in [0.29, 0.717) is 19.5 Å². The zero-order valence-electron chi connectivity index (χ0n) is 18.1. The number of carbonyl (C=O) groups excluding carboxylic acids is 2. The van der Waals surface area contributed by atoms with E-state index in [1.165, 1.54) is 11.1 Å². The molecule has 0 saturated carbocycles. The molecule has 7 heteroatoms. The molecule has 0 spiro atoms. The van der Waals surface area contributed by atoms with Gasteiger partial charge in [0, 0.05) is 32.0 Å². The van der Waals surface area contributed by atoms with Crippen LogP contribution in [0.1, 0.15) is 36.8 Å². The first-order valence-electron chi connectivity index (χ1n) is 11.0. The predicted molar refractivity (Wildman–Crippen MR) is 119 cm³/mol. The largest absolute Gasteiger partial charge is 0.481 e. The smallest absolute Gasteiger partial charge is 0.407 e. The average Bonchev–Trinajstić information content (AvgIpc) is 3.37. The standard InChI is InChI=1S/C25H28N2O5/c1-16(24(30)27-11-10-17(14-27)12-23(28)29)13-26-25(31)32-15-22-20-8-4-2-6-18(20)19-7-3-5-9-21(19)22/h2-9,16-17,22H,10-15H2,1H3,(H,26,31)(H,28,29). The Morgan fingerprint density at radius 3 is 2.34 bits per heavy atom. The van der Waals surface area contributed by atoms with E-state index in [0.717, 1.165) is 11.1 Å². The lowest BCUT2D eigenvalue weighted by Crippen LogP contribution is -2.39. The molecule has 2 aliphatic rings. The van der Waals surface area contributed by atoms with Crippen LogP contribution < -0.4 is 5.32 Å². The first-order chi connectivity index (χ1) is 15.4. The number of hydrogen-bond donors (Lipinski definition) is 2. The molecular formula is C25H28N2O5. The van der Waals surface area contributed by atoms with Crippen LogP contribution in [0.3, 0.4) is 0 Å². The van der Waals surface area contributed by atoms with Gasteiger partial charge in [0.1, 0.15) is 6.61 Å². The first kappa shape index (κ1) is 21.9. The number of carboxylic acids is 1. The van der Waals surface area contributed by atoms with Crippen molar-refractivity contribution in [3.63, 3.8) is 0 Å². The Morgan fingerprint density at radius 2 is 1.72 bits per heavy atom. The van der Waals surface area contributed by atoms with Crippen LogP contribution in [0.15, 0.2) is 48.5 Å². The number of fused-ring (bicyclic) bond motifs is 3. The Balaban J connectivity index is 1.27. The van der Waals surface area contributed by atoms with E-state index in [1.54, 1.807) is 11.8 Å². The molecule has 2 aromatic carbocycles. The summed E-state index contributed by atoms with van der Waals surface area (Å²) < 4.78 is 5.52. The number of nitrogens with zero attached hydrogens (tertiary/aromatic N) is 1. The normalized spacial score (nSPS) is 18.0. The fourth-order valence-corrected chi connectivity index (χ4v) is 4.73. The molecule has 168 valence electrons. The van der Waals surface area contributed by atoms with Crippen molar-refractivity contribution in [1.29, 1.82) is 0 Å². The van der Waals surface area contributed by atoms with Gasteiger partial charge in [0.15, 0.2) is 0 Å². The summed E-state index contributed by atoms with van der Waals surface area (Å²) in [6, 6.07) is 16.3. The van der Waals surface area contributed by atoms with E-state index < -0.39 is 18.0 Å². The number of likely N-dealkylation sites (tertiary alicyclic amines) is 1. The second kappa shape index (κ2) is 9.42. The maximum atomic E-state index is 12.6. The number of ether oxygens (including phenoxy) is 1. The van der Waals surface area contributed by atoms with E-state index in [4.69, 9.17) is 9.84 Å². The molecule has 0 aromatic heterocycles. The molecule has 2 unspecified atom stereocenters. The first-order valence-corrected chi connectivity index (χ1v) is 11.0. The number of amides is 2. The van der Waals surface area contributed by atoms with Gasteiger partial charge in [0.25, 0.3) is 0 Å². The Hall–Kier alpha value is -3.35. The van der Waals surface area contributed by atoms with E-state index in [-0.39, 0.29) is 37.3 Å². The molecule has 0 radical (unpaired) electrons. The zero-order valence-corrected chi connectivity index (χ0v) is 18.1. The number of rotatable bonds is 7. The summed E-state index contributed by atoms with van der Waals surface area (Å²) in [5.74, 6) is -1.33. The molecule has 1 aliphatic carbocycles. The van der Waals surface area contributed by atoms with E-state index >= 15 is 0 Å². The van der Waals surface area contributed by atoms with Gasteiger partial charge < -0.3 is 20.1 Å². The van der Waals surface area contributed by atoms with Crippen molar-refractivity contribution in [2.45, 2.75) is 25.7 Å². The number of hydrogen-bond acceptors (Lipinski definition) is 4. The van der Waals surface area contributed by atoms with Crippen LogP contribution >= 0.6 is 0 Å². The maximum absolute atomic E-state index is 12.6. The molecule has 1 saturated heterocycles. The zero-order chi connectivity index (χ0) is 22.7. The number of carbonyl (C=O) groups is 3. The van der Waals surface area contributed by atoms with Gasteiger partial charge in [-0.15, -0.1) is 0 Å². The Morgan fingerprint density at radius 1 is 1.09 bits per heavy atom. The molecule has 1 aliphatic heterocycles. The summed E-state index contributed by atoms with van der Waals surface area (Å²) in [6.45, 7) is 3.18. The number of carboxylic acid groups (broad SMARTS) is 1. The molecular weight excluding hydrogens is 408 g/mol. The number of aliphatic carboxylic acids is 1. The lowest BCUT2D eigenvalue weighted by atomic mass is 9.98. The summed E-state index contributed by atoms with van der Waals surface area (Å²) in [5, 5.41) is 11.6. The fraction of sp³-hybridized carbons (Fsp3) is 0.400. The molecule has 4 rings (SSSR count). The molecule has 1 heterocycles. The van der Waals surface area contributed by atoms with E-state index in [9.17, 15) is 14.4 Å². The van der Waals surface area contributed by atoms with Crippen LogP contribution in [0, 0.1) is 11.8 Å². The van der Waals surface area contributed by atoms with Crippen LogP contribution in [0.25, 0.3) is 11.1 Å². The molecule has 32 heavy (non-hydrogen) atoms. The average molecular weight is 437 g/mol. The third-order valence-electron chi connectivity index (χ3n) is 6.38. The van der Waals surface area contributed by atoms with Crippen LogP contribution in [0.5, 0.6) is 0 Å². The highest BCUT2D eigenvalue weighted by atomic mass is 16.5. The molecule has 2 N–H and O–H groups in total. The lowest BCUT2D eigenvalue weighted by molar-refractivity contribution is -0.139. The van der Waals surface area contributed by atoms with Crippen LogP contribution in [0.2, 0.25) is 0 Å². The second-order valence-corrected chi connectivity index (χ2v) is 8.64. The predicted octanol–water partition coefficient (Wildman–Crippen LogP) is 3.48. The van der Waals surface area contributed by atoms with Crippen molar-refractivity contribution >= 4 is 18.0 Å². The highest BCUT2D eigenvalue weighted by molar-refractivity contribution is 5.80. The van der Waals surface area contributed by atoms with Gasteiger partial charge in [-0.05, 0) is 34.6 Å². The van der Waals surface area contributed by atoms with Gasteiger partial charge in [-0.2, -0.15) is 0 Å². The van der Waals surface area contributed by atoms with Crippen molar-refractivity contribution in [3.05, 3.63) is 59.7 Å². The van der Waals surface area contributed by atoms with Crippen molar-refractivity contribution in [1.82, 2.24) is 10.2 Å². The van der Waals surface area contributed by atoms with E-state index in [1.807, 2.05) is 24.3 Å². The van der Waals surface area contributed by atoms with Crippen LogP contribution in [-0.4, -0.2) is 54.2 Å². The van der Waals surface area contributed by atoms with Crippen LogP contribution in [-0.2, 0) is 14.3 Å². The molecule has 2 atom stereocenters. The van der Waals surface area contributed by atoms with Crippen molar-refractivity contribution < 1.29 is 24.2 Å². The monoisotopic (exact) mass is 436 g/mol. The number of alkyl carbamates (subject to hydrolysis) is 1. The molecule has 1 fully saturated rings. The molecule has 2 amide bonds. The Labute approximate surface area is 187 Å². The third kappa shape index (κ3) is 4.61. The highest BCUT2D eigenvalue weighted by Crippen LogP contribution is 2.44. The minimum Gasteiger partial charge on any atom is -0.481 e. The van der Waals surface area contributed by atoms with Crippen molar-refractivity contribution in [3.8, 4) is 11.1 Å². The quantitative estimate of drug-likeness (QED) is 0.693. The summed E-state index contributed by atoms with van der Waals surface area (Å²) >= 11 is 0. The van der Waals surface area contributed by atoms with Crippen molar-refractivity contribution in [2.75, 3.05) is 26.2 Å². The Bertz CT molecular complexity index is 975. The number of benzene rings is 2. The van der Waals surface area contributed by atoms with Crippen molar-refractivity contribution in [2.24, 2.45) is 11.8 Å². The Kier molecular flexibility index (Phi) is 6.44. The lowest BCUT2D eigenvalue weighted by Gasteiger charge is -2.21. The van der Waals surface area contributed by atoms with Crippen LogP contribution in [0.4, 0.5) is 4.79 Å². The minimum atomic E-state index is -0.839. The maximum Gasteiger partial charge on any atom is 0.407 e. The van der Waals surface area contributed by atoms with Gasteiger partial charge in [-0.3, -0.25) is 9.59 Å². The second-order valence-electron chi connectivity index (χ2n) is 8.64. The molecule has 2 aromatic rings. The summed E-state index contributed by atoms with van der Waals surface area (Å²) in [4.78, 5) is 37.5.